The lowest BCUT2D eigenvalue weighted by atomic mass is 9.93. The van der Waals surface area contributed by atoms with Gasteiger partial charge >= 0.3 is 0 Å². The van der Waals surface area contributed by atoms with Gasteiger partial charge in [-0.2, -0.15) is 9.61 Å². The molecule has 28 heavy (non-hydrogen) atoms. The third kappa shape index (κ3) is 3.33. The molecule has 0 spiro atoms. The Morgan fingerprint density at radius 2 is 1.93 bits per heavy atom. The largest absolute Gasteiger partial charge is 0.375 e. The predicted octanol–water partition coefficient (Wildman–Crippen LogP) is 2.49. The zero-order valence-electron chi connectivity index (χ0n) is 16.4. The van der Waals surface area contributed by atoms with Gasteiger partial charge in [0.15, 0.2) is 0 Å². The van der Waals surface area contributed by atoms with Crippen LogP contribution in [0.3, 0.4) is 0 Å². The summed E-state index contributed by atoms with van der Waals surface area (Å²) in [6, 6.07) is 11.7. The molecule has 2 aromatic heterocycles. The van der Waals surface area contributed by atoms with Gasteiger partial charge in [-0.1, -0.05) is 51.1 Å². The minimum atomic E-state index is -0.236. The summed E-state index contributed by atoms with van der Waals surface area (Å²) in [6.07, 6.45) is 0. The van der Waals surface area contributed by atoms with Crippen molar-refractivity contribution >= 4 is 11.6 Å². The monoisotopic (exact) mass is 380 g/mol. The van der Waals surface area contributed by atoms with E-state index in [1.165, 1.54) is 4.52 Å². The standard InChI is InChI=1S/C21H24N4O3/c1-21(2,3)16-11-17-22-18-15(19(26)25(17)23-16)12-24(20(18)27)9-10-28-13-14-7-5-4-6-8-14/h4-8,11,22H,9-10,12-13H2,1-3H3. The van der Waals surface area contributed by atoms with Crippen LogP contribution in [-0.4, -0.2) is 38.6 Å². The van der Waals surface area contributed by atoms with E-state index in [1.54, 1.807) is 4.90 Å². The maximum Gasteiger partial charge on any atom is 0.280 e. The van der Waals surface area contributed by atoms with E-state index < -0.39 is 0 Å². The quantitative estimate of drug-likeness (QED) is 0.690. The van der Waals surface area contributed by atoms with Gasteiger partial charge in [0, 0.05) is 18.0 Å². The van der Waals surface area contributed by atoms with Crippen LogP contribution in [0.25, 0.3) is 5.65 Å². The van der Waals surface area contributed by atoms with E-state index >= 15 is 0 Å². The van der Waals surface area contributed by atoms with Crippen molar-refractivity contribution in [2.75, 3.05) is 13.2 Å². The fourth-order valence-corrected chi connectivity index (χ4v) is 3.30. The first-order valence-electron chi connectivity index (χ1n) is 9.41. The van der Waals surface area contributed by atoms with Crippen LogP contribution in [0.2, 0.25) is 0 Å². The van der Waals surface area contributed by atoms with Crippen LogP contribution in [0.5, 0.6) is 0 Å². The Balaban J connectivity index is 1.47. The lowest BCUT2D eigenvalue weighted by Crippen LogP contribution is -2.28. The van der Waals surface area contributed by atoms with E-state index in [2.05, 4.69) is 10.1 Å². The molecule has 1 N–H and O–H groups in total. The molecule has 1 amide bonds. The number of amides is 1. The lowest BCUT2D eigenvalue weighted by Gasteiger charge is -2.15. The molecule has 3 heterocycles. The number of carbonyl (C=O) groups is 1. The van der Waals surface area contributed by atoms with Crippen LogP contribution in [0.15, 0.2) is 41.2 Å². The molecule has 146 valence electrons. The number of carbonyl (C=O) groups excluding carboxylic acids is 1. The molecule has 1 aliphatic rings. The van der Waals surface area contributed by atoms with Crippen LogP contribution >= 0.6 is 0 Å². The molecule has 0 aliphatic carbocycles. The maximum atomic E-state index is 12.8. The van der Waals surface area contributed by atoms with Crippen molar-refractivity contribution in [3.05, 3.63) is 69.3 Å². The summed E-state index contributed by atoms with van der Waals surface area (Å²) < 4.78 is 7.04. The molecule has 0 bridgehead atoms. The topological polar surface area (TPSA) is 79.7 Å². The normalized spacial score (nSPS) is 14.1. The Kier molecular flexibility index (Phi) is 4.55. The highest BCUT2D eigenvalue weighted by Gasteiger charge is 2.32. The predicted molar refractivity (Wildman–Crippen MR) is 105 cm³/mol. The molecule has 1 aliphatic heterocycles. The third-order valence-electron chi connectivity index (χ3n) is 4.95. The third-order valence-corrected chi connectivity index (χ3v) is 4.95. The Labute approximate surface area is 162 Å². The molecule has 0 radical (unpaired) electrons. The number of nitrogens with one attached hydrogen (secondary N) is 1. The molecule has 0 atom stereocenters. The zero-order chi connectivity index (χ0) is 19.9. The van der Waals surface area contributed by atoms with Gasteiger partial charge in [0.25, 0.3) is 11.5 Å². The molecule has 7 heteroatoms. The van der Waals surface area contributed by atoms with E-state index in [0.29, 0.717) is 36.7 Å². The van der Waals surface area contributed by atoms with Crippen molar-refractivity contribution in [1.82, 2.24) is 19.5 Å². The summed E-state index contributed by atoms with van der Waals surface area (Å²) in [6.45, 7) is 7.73. The molecule has 0 unspecified atom stereocenters. The van der Waals surface area contributed by atoms with Crippen molar-refractivity contribution in [3.8, 4) is 0 Å². The first kappa shape index (κ1) is 18.4. The zero-order valence-corrected chi connectivity index (χ0v) is 16.4. The number of hydrogen-bond donors (Lipinski definition) is 1. The number of rotatable bonds is 5. The number of ether oxygens (including phenoxy) is 1. The highest BCUT2D eigenvalue weighted by molar-refractivity contribution is 5.96. The Morgan fingerprint density at radius 3 is 2.64 bits per heavy atom. The average Bonchev–Trinajstić information content (AvgIpc) is 3.23. The van der Waals surface area contributed by atoms with Gasteiger partial charge < -0.3 is 14.6 Å². The Bertz CT molecular complexity index is 1080. The highest BCUT2D eigenvalue weighted by Crippen LogP contribution is 2.23. The number of H-pyrrole nitrogens is 1. The van der Waals surface area contributed by atoms with Crippen molar-refractivity contribution in [1.29, 1.82) is 0 Å². The van der Waals surface area contributed by atoms with Crippen LogP contribution in [0.1, 0.15) is 48.1 Å². The minimum absolute atomic E-state index is 0.170. The minimum Gasteiger partial charge on any atom is -0.375 e. The molecule has 0 fully saturated rings. The molecule has 3 aromatic rings. The number of aromatic amines is 1. The van der Waals surface area contributed by atoms with E-state index in [0.717, 1.165) is 11.3 Å². The van der Waals surface area contributed by atoms with Gasteiger partial charge in [-0.05, 0) is 5.56 Å². The fraction of sp³-hybridized carbons (Fsp3) is 0.381. The van der Waals surface area contributed by atoms with E-state index in [1.807, 2.05) is 57.2 Å². The molecule has 4 rings (SSSR count). The van der Waals surface area contributed by atoms with Crippen molar-refractivity contribution < 1.29 is 9.53 Å². The summed E-state index contributed by atoms with van der Waals surface area (Å²) in [5.41, 5.74) is 2.85. The molecule has 7 nitrogen and oxygen atoms in total. The average molecular weight is 380 g/mol. The van der Waals surface area contributed by atoms with Gasteiger partial charge in [-0.25, -0.2) is 0 Å². The number of hydrogen-bond acceptors (Lipinski definition) is 4. The van der Waals surface area contributed by atoms with Crippen LogP contribution in [0, 0.1) is 0 Å². The summed E-state index contributed by atoms with van der Waals surface area (Å²) in [4.78, 5) is 30.3. The van der Waals surface area contributed by atoms with E-state index in [4.69, 9.17) is 4.74 Å². The highest BCUT2D eigenvalue weighted by atomic mass is 16.5. The summed E-state index contributed by atoms with van der Waals surface area (Å²) in [5.74, 6) is -0.170. The second kappa shape index (κ2) is 6.91. The second-order valence-corrected chi connectivity index (χ2v) is 8.13. The number of aromatic nitrogens is 3. The second-order valence-electron chi connectivity index (χ2n) is 8.13. The molecular formula is C21H24N4O3. The maximum absolute atomic E-state index is 12.8. The lowest BCUT2D eigenvalue weighted by molar-refractivity contribution is 0.0634. The van der Waals surface area contributed by atoms with Crippen LogP contribution in [-0.2, 0) is 23.3 Å². The van der Waals surface area contributed by atoms with Crippen molar-refractivity contribution in [3.63, 3.8) is 0 Å². The van der Waals surface area contributed by atoms with Gasteiger partial charge in [0.1, 0.15) is 11.3 Å². The first-order chi connectivity index (χ1) is 13.3. The SMILES string of the molecule is CC(C)(C)c1cc2[nH]c3c(c(=O)n2n1)CN(CCOCc1ccccc1)C3=O. The van der Waals surface area contributed by atoms with E-state index in [-0.39, 0.29) is 23.4 Å². The Hall–Kier alpha value is -2.93. The van der Waals surface area contributed by atoms with Crippen molar-refractivity contribution in [2.45, 2.75) is 39.3 Å². The molecule has 0 saturated heterocycles. The van der Waals surface area contributed by atoms with Gasteiger partial charge in [0.05, 0.1) is 31.0 Å². The number of nitrogens with zero attached hydrogens (tertiary/aromatic N) is 3. The molecular weight excluding hydrogens is 356 g/mol. The summed E-state index contributed by atoms with van der Waals surface area (Å²) in [5, 5.41) is 4.44. The number of benzene rings is 1. The fourth-order valence-electron chi connectivity index (χ4n) is 3.30. The van der Waals surface area contributed by atoms with Crippen LogP contribution in [0.4, 0.5) is 0 Å². The molecule has 0 saturated carbocycles. The van der Waals surface area contributed by atoms with Gasteiger partial charge in [0.2, 0.25) is 0 Å². The summed E-state index contributed by atoms with van der Waals surface area (Å²) in [7, 11) is 0. The summed E-state index contributed by atoms with van der Waals surface area (Å²) >= 11 is 0. The smallest absolute Gasteiger partial charge is 0.280 e. The van der Waals surface area contributed by atoms with Crippen LogP contribution < -0.4 is 5.56 Å². The first-order valence-corrected chi connectivity index (χ1v) is 9.41. The number of fused-ring (bicyclic) bond motifs is 2. The van der Waals surface area contributed by atoms with Gasteiger partial charge in [-0.3, -0.25) is 9.59 Å². The Morgan fingerprint density at radius 1 is 1.18 bits per heavy atom. The molecule has 1 aromatic carbocycles. The van der Waals surface area contributed by atoms with Gasteiger partial charge in [-0.15, -0.1) is 0 Å². The van der Waals surface area contributed by atoms with E-state index in [9.17, 15) is 9.59 Å². The van der Waals surface area contributed by atoms with Crippen molar-refractivity contribution in [2.24, 2.45) is 0 Å².